The summed E-state index contributed by atoms with van der Waals surface area (Å²) in [6.07, 6.45) is -5.45. The minimum absolute atomic E-state index is 0. The fraction of sp³-hybridized carbons (Fsp3) is 0.500. The van der Waals surface area contributed by atoms with Crippen LogP contribution in [0, 0.1) is 0 Å². The number of halogens is 4. The Hall–Kier alpha value is -0.720. The summed E-state index contributed by atoms with van der Waals surface area (Å²) in [5.74, 6) is 0.240. The molecule has 0 saturated carbocycles. The highest BCUT2D eigenvalue weighted by Gasteiger charge is 2.32. The van der Waals surface area contributed by atoms with Crippen LogP contribution in [0.2, 0.25) is 0 Å². The van der Waals surface area contributed by atoms with E-state index in [1.54, 1.807) is 0 Å². The number of aliphatic hydroxyl groups excluding tert-OH is 1. The standard InChI is InChI=1S/C8H10F3NO2.ClH/c9-8(10,11)3-6(12)7-2-1-5(4-13)14-7;/h1-2,6,13H,3-4,12H2;1H/t6-;/m0./s1. The molecule has 0 aliphatic heterocycles. The van der Waals surface area contributed by atoms with Gasteiger partial charge in [0, 0.05) is 0 Å². The molecule has 1 rings (SSSR count). The monoisotopic (exact) mass is 245 g/mol. The quantitative estimate of drug-likeness (QED) is 0.858. The number of nitrogens with two attached hydrogens (primary N) is 1. The Morgan fingerprint density at radius 2 is 2.00 bits per heavy atom. The van der Waals surface area contributed by atoms with E-state index >= 15 is 0 Å². The van der Waals surface area contributed by atoms with E-state index in [2.05, 4.69) is 0 Å². The van der Waals surface area contributed by atoms with Gasteiger partial charge < -0.3 is 15.3 Å². The first-order chi connectivity index (χ1) is 6.42. The first-order valence-corrected chi connectivity index (χ1v) is 3.94. The molecule has 7 heteroatoms. The highest BCUT2D eigenvalue weighted by atomic mass is 35.5. The van der Waals surface area contributed by atoms with Crippen molar-refractivity contribution >= 4 is 12.4 Å². The molecule has 0 aliphatic carbocycles. The molecule has 1 heterocycles. The van der Waals surface area contributed by atoms with Gasteiger partial charge in [0.05, 0.1) is 12.5 Å². The van der Waals surface area contributed by atoms with Crippen molar-refractivity contribution in [3.63, 3.8) is 0 Å². The molecule has 3 nitrogen and oxygen atoms in total. The van der Waals surface area contributed by atoms with E-state index in [0.29, 0.717) is 0 Å². The number of alkyl halides is 3. The minimum atomic E-state index is -4.31. The van der Waals surface area contributed by atoms with Gasteiger partial charge in [0.25, 0.3) is 0 Å². The first kappa shape index (κ1) is 14.3. The van der Waals surface area contributed by atoms with Gasteiger partial charge in [-0.15, -0.1) is 12.4 Å². The molecule has 0 radical (unpaired) electrons. The summed E-state index contributed by atoms with van der Waals surface area (Å²) in [5.41, 5.74) is 5.25. The third kappa shape index (κ3) is 4.55. The summed E-state index contributed by atoms with van der Waals surface area (Å²) in [7, 11) is 0. The van der Waals surface area contributed by atoms with Crippen LogP contribution in [0.3, 0.4) is 0 Å². The minimum Gasteiger partial charge on any atom is -0.462 e. The van der Waals surface area contributed by atoms with Crippen LogP contribution in [0.1, 0.15) is 24.0 Å². The van der Waals surface area contributed by atoms with Gasteiger partial charge in [-0.05, 0) is 12.1 Å². The topological polar surface area (TPSA) is 59.4 Å². The molecule has 15 heavy (non-hydrogen) atoms. The normalized spacial score (nSPS) is 13.4. The van der Waals surface area contributed by atoms with E-state index in [1.165, 1.54) is 12.1 Å². The third-order valence-corrected chi connectivity index (χ3v) is 1.66. The number of rotatable bonds is 3. The van der Waals surface area contributed by atoms with Crippen LogP contribution >= 0.6 is 12.4 Å². The molecule has 0 aromatic carbocycles. The van der Waals surface area contributed by atoms with E-state index in [4.69, 9.17) is 15.3 Å². The number of hydrogen-bond acceptors (Lipinski definition) is 3. The molecule has 0 saturated heterocycles. The molecule has 3 N–H and O–H groups in total. The average molecular weight is 246 g/mol. The van der Waals surface area contributed by atoms with Crippen molar-refractivity contribution in [3.05, 3.63) is 23.7 Å². The second-order valence-corrected chi connectivity index (χ2v) is 2.89. The molecular weight excluding hydrogens is 235 g/mol. The zero-order valence-electron chi connectivity index (χ0n) is 7.62. The Bertz CT molecular complexity index is 300. The van der Waals surface area contributed by atoms with Crippen LogP contribution in [-0.2, 0) is 6.61 Å². The second-order valence-electron chi connectivity index (χ2n) is 2.89. The maximum Gasteiger partial charge on any atom is 0.391 e. The number of aliphatic hydroxyl groups is 1. The summed E-state index contributed by atoms with van der Waals surface area (Å²) in [6, 6.07) is 1.52. The van der Waals surface area contributed by atoms with Gasteiger partial charge in [-0.2, -0.15) is 13.2 Å². The highest BCUT2D eigenvalue weighted by Crippen LogP contribution is 2.28. The lowest BCUT2D eigenvalue weighted by Gasteiger charge is -2.11. The number of hydrogen-bond donors (Lipinski definition) is 2. The van der Waals surface area contributed by atoms with Crippen LogP contribution in [0.25, 0.3) is 0 Å². The average Bonchev–Trinajstić information content (AvgIpc) is 2.48. The van der Waals surface area contributed by atoms with Crippen molar-refractivity contribution < 1.29 is 22.7 Å². The van der Waals surface area contributed by atoms with E-state index < -0.39 is 18.6 Å². The van der Waals surface area contributed by atoms with Gasteiger partial charge in [-0.25, -0.2) is 0 Å². The van der Waals surface area contributed by atoms with Crippen LogP contribution in [-0.4, -0.2) is 11.3 Å². The third-order valence-electron chi connectivity index (χ3n) is 1.66. The lowest BCUT2D eigenvalue weighted by Crippen LogP contribution is -2.19. The van der Waals surface area contributed by atoms with Gasteiger partial charge in [0.1, 0.15) is 18.1 Å². The lowest BCUT2D eigenvalue weighted by atomic mass is 10.2. The van der Waals surface area contributed by atoms with Crippen molar-refractivity contribution in [2.45, 2.75) is 25.2 Å². The maximum absolute atomic E-state index is 11.9. The second kappa shape index (κ2) is 5.39. The SMILES string of the molecule is Cl.N[C@@H](CC(F)(F)F)c1ccc(CO)o1. The molecule has 1 aromatic rings. The largest absolute Gasteiger partial charge is 0.462 e. The predicted octanol–water partition coefficient (Wildman–Crippen LogP) is 2.15. The zero-order valence-corrected chi connectivity index (χ0v) is 8.44. The molecule has 0 amide bonds. The molecule has 0 fully saturated rings. The summed E-state index contributed by atoms with van der Waals surface area (Å²) in [5, 5.41) is 8.61. The molecule has 1 aromatic heterocycles. The highest BCUT2D eigenvalue weighted by molar-refractivity contribution is 5.85. The molecular formula is C8H11ClF3NO2. The fourth-order valence-corrected chi connectivity index (χ4v) is 1.03. The van der Waals surface area contributed by atoms with Gasteiger partial charge in [0.15, 0.2) is 0 Å². The van der Waals surface area contributed by atoms with Gasteiger partial charge in [0.2, 0.25) is 0 Å². The summed E-state index contributed by atoms with van der Waals surface area (Å²) < 4.78 is 40.6. The molecule has 88 valence electrons. The van der Waals surface area contributed by atoms with Crippen molar-refractivity contribution in [2.24, 2.45) is 5.73 Å². The summed E-state index contributed by atoms with van der Waals surface area (Å²) >= 11 is 0. The maximum atomic E-state index is 11.9. The zero-order chi connectivity index (χ0) is 10.8. The van der Waals surface area contributed by atoms with E-state index in [-0.39, 0.29) is 30.5 Å². The van der Waals surface area contributed by atoms with Crippen LogP contribution < -0.4 is 5.73 Å². The molecule has 0 aliphatic rings. The van der Waals surface area contributed by atoms with Gasteiger partial charge in [-0.3, -0.25) is 0 Å². The molecule has 0 unspecified atom stereocenters. The fourth-order valence-electron chi connectivity index (χ4n) is 1.03. The first-order valence-electron chi connectivity index (χ1n) is 3.94. The Labute approximate surface area is 90.5 Å². The Balaban J connectivity index is 0.00000196. The Morgan fingerprint density at radius 1 is 1.40 bits per heavy atom. The molecule has 0 bridgehead atoms. The van der Waals surface area contributed by atoms with Crippen molar-refractivity contribution in [2.75, 3.05) is 0 Å². The van der Waals surface area contributed by atoms with Crippen LogP contribution in [0.5, 0.6) is 0 Å². The van der Waals surface area contributed by atoms with Gasteiger partial charge in [-0.1, -0.05) is 0 Å². The Morgan fingerprint density at radius 3 is 2.40 bits per heavy atom. The summed E-state index contributed by atoms with van der Waals surface area (Å²) in [4.78, 5) is 0. The van der Waals surface area contributed by atoms with Crippen molar-refractivity contribution in [1.82, 2.24) is 0 Å². The molecule has 0 spiro atoms. The Kier molecular flexibility index (Phi) is 5.13. The molecule has 1 atom stereocenters. The lowest BCUT2D eigenvalue weighted by molar-refractivity contribution is -0.139. The summed E-state index contributed by atoms with van der Waals surface area (Å²) in [6.45, 7) is -0.348. The van der Waals surface area contributed by atoms with E-state index in [9.17, 15) is 13.2 Å². The van der Waals surface area contributed by atoms with Crippen molar-refractivity contribution in [3.8, 4) is 0 Å². The van der Waals surface area contributed by atoms with E-state index in [1.807, 2.05) is 0 Å². The smallest absolute Gasteiger partial charge is 0.391 e. The number of furan rings is 1. The predicted molar refractivity (Wildman–Crippen MR) is 49.5 cm³/mol. The van der Waals surface area contributed by atoms with Crippen LogP contribution in [0.4, 0.5) is 13.2 Å². The van der Waals surface area contributed by atoms with Crippen LogP contribution in [0.15, 0.2) is 16.5 Å². The van der Waals surface area contributed by atoms with Gasteiger partial charge >= 0.3 is 6.18 Å². The van der Waals surface area contributed by atoms with Crippen molar-refractivity contribution in [1.29, 1.82) is 0 Å². The van der Waals surface area contributed by atoms with E-state index in [0.717, 1.165) is 0 Å².